The normalized spacial score (nSPS) is 22.6. The van der Waals surface area contributed by atoms with Gasteiger partial charge in [0, 0.05) is 31.3 Å². The smallest absolute Gasteiger partial charge is 0.255 e. The highest BCUT2D eigenvalue weighted by molar-refractivity contribution is 6.30. The number of hydrogen-bond donors (Lipinski definition) is 1. The second-order valence-electron chi connectivity index (χ2n) is 8.28. The number of nitrogens with one attached hydrogen (secondary N) is 1. The minimum absolute atomic E-state index is 0.0790. The van der Waals surface area contributed by atoms with Crippen molar-refractivity contribution in [1.82, 2.24) is 10.2 Å². The van der Waals surface area contributed by atoms with E-state index in [9.17, 15) is 4.79 Å². The Hall–Kier alpha value is -2.37. The van der Waals surface area contributed by atoms with Gasteiger partial charge >= 0.3 is 0 Å². The fourth-order valence-corrected chi connectivity index (χ4v) is 4.39. The molecule has 6 heteroatoms. The zero-order valence-corrected chi connectivity index (χ0v) is 18.7. The lowest BCUT2D eigenvalue weighted by Gasteiger charge is -2.37. The molecule has 2 unspecified atom stereocenters. The fourth-order valence-electron chi connectivity index (χ4n) is 4.27. The number of carbonyl (C=O) groups excluding carboxylic acids is 1. The van der Waals surface area contributed by atoms with Gasteiger partial charge in [0.05, 0.1) is 12.4 Å². The molecule has 5 nitrogen and oxygen atoms in total. The quantitative estimate of drug-likeness (QED) is 0.551. The topological polar surface area (TPSA) is 53.9 Å². The van der Waals surface area contributed by atoms with Gasteiger partial charge in [-0.3, -0.25) is 9.79 Å². The maximum Gasteiger partial charge on any atom is 0.255 e. The first-order valence-corrected chi connectivity index (χ1v) is 11.5. The fraction of sp³-hybridized carbons (Fsp3) is 0.440. The highest BCUT2D eigenvalue weighted by atomic mass is 35.5. The van der Waals surface area contributed by atoms with E-state index in [-0.39, 0.29) is 11.9 Å². The van der Waals surface area contributed by atoms with Crippen molar-refractivity contribution >= 4 is 23.8 Å². The molecule has 0 bridgehead atoms. The molecule has 0 aromatic heterocycles. The minimum Gasteiger partial charge on any atom is -0.382 e. The van der Waals surface area contributed by atoms with Gasteiger partial charge in [0.15, 0.2) is 5.54 Å². The van der Waals surface area contributed by atoms with E-state index in [2.05, 4.69) is 10.2 Å². The summed E-state index contributed by atoms with van der Waals surface area (Å²) in [6.45, 7) is 4.75. The minimum atomic E-state index is -1.05. The molecule has 2 atom stereocenters. The number of nitrogens with zero attached hydrogens (tertiary/aromatic N) is 2. The van der Waals surface area contributed by atoms with E-state index in [0.29, 0.717) is 30.7 Å². The summed E-state index contributed by atoms with van der Waals surface area (Å²) < 4.78 is 5.42. The van der Waals surface area contributed by atoms with Gasteiger partial charge in [0.25, 0.3) is 5.91 Å². The largest absolute Gasteiger partial charge is 0.382 e. The van der Waals surface area contributed by atoms with Crippen molar-refractivity contribution in [2.24, 2.45) is 10.9 Å². The predicted molar refractivity (Wildman–Crippen MR) is 124 cm³/mol. The Kier molecular flexibility index (Phi) is 6.93. The summed E-state index contributed by atoms with van der Waals surface area (Å²) in [6, 6.07) is 17.5. The van der Waals surface area contributed by atoms with E-state index in [1.165, 1.54) is 12.8 Å². The van der Waals surface area contributed by atoms with Crippen LogP contribution >= 0.6 is 11.6 Å². The van der Waals surface area contributed by atoms with Crippen LogP contribution in [0.3, 0.4) is 0 Å². The average Bonchev–Trinajstić information content (AvgIpc) is 3.53. The van der Waals surface area contributed by atoms with Gasteiger partial charge in [0.1, 0.15) is 0 Å². The number of rotatable bonds is 10. The molecule has 1 heterocycles. The van der Waals surface area contributed by atoms with E-state index in [1.54, 1.807) is 0 Å². The third kappa shape index (κ3) is 4.78. The van der Waals surface area contributed by atoms with E-state index >= 15 is 0 Å². The molecular formula is C25H30ClN3O2. The van der Waals surface area contributed by atoms with Crippen LogP contribution in [0.25, 0.3) is 0 Å². The molecule has 1 saturated carbocycles. The predicted octanol–water partition coefficient (Wildman–Crippen LogP) is 4.57. The lowest BCUT2D eigenvalue weighted by Crippen LogP contribution is -2.49. The number of amides is 1. The van der Waals surface area contributed by atoms with Crippen molar-refractivity contribution < 1.29 is 9.53 Å². The Morgan fingerprint density at radius 3 is 2.61 bits per heavy atom. The molecule has 164 valence electrons. The Morgan fingerprint density at radius 2 is 1.94 bits per heavy atom. The van der Waals surface area contributed by atoms with Crippen LogP contribution in [0.2, 0.25) is 5.02 Å². The first kappa shape index (κ1) is 21.8. The Labute approximate surface area is 189 Å². The van der Waals surface area contributed by atoms with Crippen LogP contribution in [0.15, 0.2) is 59.6 Å². The zero-order chi connectivity index (χ0) is 21.7. The number of aliphatic imine (C=N–C) groups is 1. The molecule has 0 radical (unpaired) electrons. The summed E-state index contributed by atoms with van der Waals surface area (Å²) in [4.78, 5) is 20.9. The van der Waals surface area contributed by atoms with Crippen LogP contribution in [0.1, 0.15) is 43.4 Å². The summed E-state index contributed by atoms with van der Waals surface area (Å²) in [5.41, 5.74) is 0.887. The molecule has 0 saturated heterocycles. The standard InChI is InChI=1S/C25H30ClN3O2/c1-2-31-16-6-15-27-24(30)25(21-7-4-3-5-8-21)23(20-11-13-22(26)14-12-20)29(18-28-25)17-19-9-10-19/h3-5,7-8,11-14,18-19,23H,2,6,9-10,15-17H2,1H3,(H,27,30). The molecule has 4 rings (SSSR count). The molecule has 1 N–H and O–H groups in total. The molecule has 31 heavy (non-hydrogen) atoms. The van der Waals surface area contributed by atoms with E-state index in [0.717, 1.165) is 24.1 Å². The summed E-state index contributed by atoms with van der Waals surface area (Å²) in [6.07, 6.45) is 5.12. The van der Waals surface area contributed by atoms with Crippen LogP contribution in [-0.4, -0.2) is 43.4 Å². The lowest BCUT2D eigenvalue weighted by atomic mass is 9.79. The highest BCUT2D eigenvalue weighted by Gasteiger charge is 2.53. The monoisotopic (exact) mass is 439 g/mol. The number of halogens is 1. The Balaban J connectivity index is 1.69. The van der Waals surface area contributed by atoms with Crippen LogP contribution in [0, 0.1) is 5.92 Å². The molecule has 2 aliphatic rings. The van der Waals surface area contributed by atoms with Gasteiger partial charge in [-0.15, -0.1) is 0 Å². The molecule has 1 aliphatic heterocycles. The van der Waals surface area contributed by atoms with Crippen LogP contribution in [0.5, 0.6) is 0 Å². The van der Waals surface area contributed by atoms with Crippen molar-refractivity contribution in [2.75, 3.05) is 26.3 Å². The first-order chi connectivity index (χ1) is 15.1. The maximum absolute atomic E-state index is 13.8. The van der Waals surface area contributed by atoms with E-state index < -0.39 is 5.54 Å². The third-order valence-corrected chi connectivity index (χ3v) is 6.26. The lowest BCUT2D eigenvalue weighted by molar-refractivity contribution is -0.128. The number of ether oxygens (including phenoxy) is 1. The van der Waals surface area contributed by atoms with Crippen molar-refractivity contribution in [3.63, 3.8) is 0 Å². The molecule has 1 amide bonds. The molecule has 0 spiro atoms. The van der Waals surface area contributed by atoms with E-state index in [4.69, 9.17) is 21.3 Å². The number of hydrogen-bond acceptors (Lipinski definition) is 4. The number of carbonyl (C=O) groups is 1. The van der Waals surface area contributed by atoms with Crippen LogP contribution < -0.4 is 5.32 Å². The zero-order valence-electron chi connectivity index (χ0n) is 18.0. The van der Waals surface area contributed by atoms with Gasteiger partial charge in [-0.25, -0.2) is 0 Å². The molecule has 2 aromatic rings. The average molecular weight is 440 g/mol. The van der Waals surface area contributed by atoms with Gasteiger partial charge in [-0.1, -0.05) is 54.1 Å². The van der Waals surface area contributed by atoms with Crippen molar-refractivity contribution in [3.05, 3.63) is 70.7 Å². The maximum atomic E-state index is 13.8. The summed E-state index contributed by atoms with van der Waals surface area (Å²) in [5.74, 6) is 0.590. The van der Waals surface area contributed by atoms with Gasteiger partial charge in [-0.2, -0.15) is 0 Å². The van der Waals surface area contributed by atoms with Gasteiger partial charge in [0.2, 0.25) is 0 Å². The van der Waals surface area contributed by atoms with Gasteiger partial charge < -0.3 is 15.0 Å². The third-order valence-electron chi connectivity index (χ3n) is 6.00. The van der Waals surface area contributed by atoms with E-state index in [1.807, 2.05) is 67.9 Å². The van der Waals surface area contributed by atoms with Crippen LogP contribution in [-0.2, 0) is 15.1 Å². The second kappa shape index (κ2) is 9.84. The summed E-state index contributed by atoms with van der Waals surface area (Å²) in [5, 5.41) is 3.82. The molecular weight excluding hydrogens is 410 g/mol. The Morgan fingerprint density at radius 1 is 1.19 bits per heavy atom. The van der Waals surface area contributed by atoms with Crippen molar-refractivity contribution in [2.45, 2.75) is 37.8 Å². The molecule has 2 aromatic carbocycles. The second-order valence-corrected chi connectivity index (χ2v) is 8.71. The van der Waals surface area contributed by atoms with Gasteiger partial charge in [-0.05, 0) is 55.4 Å². The Bertz CT molecular complexity index is 899. The first-order valence-electron chi connectivity index (χ1n) is 11.1. The molecule has 1 fully saturated rings. The summed E-state index contributed by atoms with van der Waals surface area (Å²) >= 11 is 6.17. The van der Waals surface area contributed by atoms with Crippen molar-refractivity contribution in [3.8, 4) is 0 Å². The number of benzene rings is 2. The SMILES string of the molecule is CCOCCCNC(=O)C1(c2ccccc2)N=CN(CC2CC2)C1c1ccc(Cl)cc1. The summed E-state index contributed by atoms with van der Waals surface area (Å²) in [7, 11) is 0. The molecule has 1 aliphatic carbocycles. The van der Waals surface area contributed by atoms with Crippen molar-refractivity contribution in [1.29, 1.82) is 0 Å². The highest BCUT2D eigenvalue weighted by Crippen LogP contribution is 2.47. The van der Waals surface area contributed by atoms with Crippen LogP contribution in [0.4, 0.5) is 0 Å².